The third-order valence-electron chi connectivity index (χ3n) is 3.34. The van der Waals surface area contributed by atoms with Crippen LogP contribution in [0.15, 0.2) is 54.9 Å². The molecule has 2 N–H and O–H groups in total. The van der Waals surface area contributed by atoms with Gasteiger partial charge in [0.2, 0.25) is 5.91 Å². The second kappa shape index (κ2) is 7.30. The number of carbonyl (C=O) groups is 2. The fourth-order valence-corrected chi connectivity index (χ4v) is 2.08. The SMILES string of the molecule is O=C(Cc1ccc(F)cc1)NNC(=O)c1ccc(-n2cnnn2)cc1. The van der Waals surface area contributed by atoms with Gasteiger partial charge in [0.25, 0.3) is 5.91 Å². The summed E-state index contributed by atoms with van der Waals surface area (Å²) in [5.41, 5.74) is 6.34. The molecule has 126 valence electrons. The van der Waals surface area contributed by atoms with E-state index in [9.17, 15) is 14.0 Å². The molecule has 0 aliphatic rings. The molecule has 2 amide bonds. The van der Waals surface area contributed by atoms with E-state index >= 15 is 0 Å². The maximum atomic E-state index is 12.8. The van der Waals surface area contributed by atoms with Gasteiger partial charge in [-0.2, -0.15) is 0 Å². The lowest BCUT2D eigenvalue weighted by molar-refractivity contribution is -0.121. The molecule has 0 saturated heterocycles. The first-order valence-corrected chi connectivity index (χ1v) is 7.29. The number of nitrogens with zero attached hydrogens (tertiary/aromatic N) is 4. The summed E-state index contributed by atoms with van der Waals surface area (Å²) in [6.45, 7) is 0. The van der Waals surface area contributed by atoms with Gasteiger partial charge in [0.15, 0.2) is 0 Å². The number of amides is 2. The zero-order valence-electron chi connectivity index (χ0n) is 12.9. The predicted molar refractivity (Wildman–Crippen MR) is 84.9 cm³/mol. The van der Waals surface area contributed by atoms with Crippen molar-refractivity contribution >= 4 is 11.8 Å². The summed E-state index contributed by atoms with van der Waals surface area (Å²) >= 11 is 0. The van der Waals surface area contributed by atoms with E-state index in [2.05, 4.69) is 26.4 Å². The molecule has 0 atom stereocenters. The first-order chi connectivity index (χ1) is 12.1. The summed E-state index contributed by atoms with van der Waals surface area (Å²) < 4.78 is 14.3. The maximum absolute atomic E-state index is 12.8. The zero-order chi connectivity index (χ0) is 17.6. The molecule has 1 heterocycles. The second-order valence-corrected chi connectivity index (χ2v) is 5.11. The van der Waals surface area contributed by atoms with Crippen LogP contribution in [0, 0.1) is 5.82 Å². The summed E-state index contributed by atoms with van der Waals surface area (Å²) in [5, 5.41) is 10.8. The Kier molecular flexibility index (Phi) is 4.74. The molecule has 0 fully saturated rings. The van der Waals surface area contributed by atoms with Crippen molar-refractivity contribution in [3.63, 3.8) is 0 Å². The summed E-state index contributed by atoms with van der Waals surface area (Å²) in [7, 11) is 0. The second-order valence-electron chi connectivity index (χ2n) is 5.11. The van der Waals surface area contributed by atoms with E-state index in [0.717, 1.165) is 0 Å². The van der Waals surface area contributed by atoms with Gasteiger partial charge in [-0.3, -0.25) is 20.4 Å². The van der Waals surface area contributed by atoms with Gasteiger partial charge in [-0.1, -0.05) is 12.1 Å². The van der Waals surface area contributed by atoms with Crippen LogP contribution in [-0.2, 0) is 11.2 Å². The molecule has 25 heavy (non-hydrogen) atoms. The monoisotopic (exact) mass is 340 g/mol. The Labute approximate surface area is 141 Å². The minimum Gasteiger partial charge on any atom is -0.273 e. The third-order valence-corrected chi connectivity index (χ3v) is 3.34. The molecule has 3 aromatic rings. The molecule has 0 saturated carbocycles. The number of hydrazine groups is 1. The minimum atomic E-state index is -0.462. The number of aromatic nitrogens is 4. The van der Waals surface area contributed by atoms with Crippen molar-refractivity contribution in [3.05, 3.63) is 71.8 Å². The highest BCUT2D eigenvalue weighted by molar-refractivity contribution is 5.95. The Hall–Kier alpha value is -3.62. The number of rotatable bonds is 4. The highest BCUT2D eigenvalue weighted by atomic mass is 19.1. The van der Waals surface area contributed by atoms with Crippen molar-refractivity contribution in [2.75, 3.05) is 0 Å². The Balaban J connectivity index is 1.53. The topological polar surface area (TPSA) is 102 Å². The largest absolute Gasteiger partial charge is 0.273 e. The molecular formula is C16H13FN6O2. The average Bonchev–Trinajstić information content (AvgIpc) is 3.16. The van der Waals surface area contributed by atoms with Crippen LogP contribution < -0.4 is 10.9 Å². The molecule has 8 nitrogen and oxygen atoms in total. The number of halogens is 1. The maximum Gasteiger partial charge on any atom is 0.269 e. The average molecular weight is 340 g/mol. The predicted octanol–water partition coefficient (Wildman–Crippen LogP) is 0.805. The molecule has 0 spiro atoms. The molecule has 0 aliphatic heterocycles. The van der Waals surface area contributed by atoms with Gasteiger partial charge in [-0.25, -0.2) is 9.07 Å². The van der Waals surface area contributed by atoms with E-state index in [1.54, 1.807) is 24.3 Å². The van der Waals surface area contributed by atoms with E-state index in [1.807, 2.05) is 0 Å². The summed E-state index contributed by atoms with van der Waals surface area (Å²) in [5.74, 6) is -1.25. The highest BCUT2D eigenvalue weighted by Crippen LogP contribution is 2.07. The van der Waals surface area contributed by atoms with Crippen LogP contribution in [0.25, 0.3) is 5.69 Å². The Morgan fingerprint density at radius 3 is 2.36 bits per heavy atom. The lowest BCUT2D eigenvalue weighted by Gasteiger charge is -2.08. The molecule has 1 aromatic heterocycles. The summed E-state index contributed by atoms with van der Waals surface area (Å²) in [6.07, 6.45) is 1.46. The van der Waals surface area contributed by atoms with Crippen LogP contribution in [0.2, 0.25) is 0 Å². The quantitative estimate of drug-likeness (QED) is 0.684. The summed E-state index contributed by atoms with van der Waals surface area (Å²) in [4.78, 5) is 23.8. The molecule has 0 bridgehead atoms. The van der Waals surface area contributed by atoms with E-state index in [1.165, 1.54) is 35.3 Å². The number of carbonyl (C=O) groups excluding carboxylic acids is 2. The van der Waals surface area contributed by atoms with Gasteiger partial charge in [-0.15, -0.1) is 5.10 Å². The molecule has 0 aliphatic carbocycles. The first kappa shape index (κ1) is 16.2. The molecule has 0 radical (unpaired) electrons. The number of hydrogen-bond donors (Lipinski definition) is 2. The van der Waals surface area contributed by atoms with Crippen LogP contribution >= 0.6 is 0 Å². The lowest BCUT2D eigenvalue weighted by Crippen LogP contribution is -2.42. The van der Waals surface area contributed by atoms with Crippen molar-refractivity contribution in [3.8, 4) is 5.69 Å². The van der Waals surface area contributed by atoms with Crippen molar-refractivity contribution in [1.29, 1.82) is 0 Å². The van der Waals surface area contributed by atoms with Gasteiger partial charge in [-0.05, 0) is 52.4 Å². The molecular weight excluding hydrogens is 327 g/mol. The number of hydrogen-bond acceptors (Lipinski definition) is 5. The van der Waals surface area contributed by atoms with Gasteiger partial charge in [0.1, 0.15) is 12.1 Å². The normalized spacial score (nSPS) is 10.3. The smallest absolute Gasteiger partial charge is 0.269 e. The summed E-state index contributed by atoms with van der Waals surface area (Å²) in [6, 6.07) is 12.1. The van der Waals surface area contributed by atoms with Crippen LogP contribution in [0.5, 0.6) is 0 Å². The molecule has 0 unspecified atom stereocenters. The van der Waals surface area contributed by atoms with Crippen molar-refractivity contribution in [2.45, 2.75) is 6.42 Å². The van der Waals surface area contributed by atoms with Crippen LogP contribution in [0.1, 0.15) is 15.9 Å². The van der Waals surface area contributed by atoms with Crippen molar-refractivity contribution in [2.24, 2.45) is 0 Å². The fourth-order valence-electron chi connectivity index (χ4n) is 2.08. The molecule has 2 aromatic carbocycles. The number of tetrazole rings is 1. The van der Waals surface area contributed by atoms with E-state index in [-0.39, 0.29) is 12.2 Å². The van der Waals surface area contributed by atoms with Crippen molar-refractivity contribution in [1.82, 2.24) is 31.1 Å². The van der Waals surface area contributed by atoms with Crippen LogP contribution in [0.4, 0.5) is 4.39 Å². The van der Waals surface area contributed by atoms with Gasteiger partial charge in [0, 0.05) is 5.56 Å². The van der Waals surface area contributed by atoms with E-state index in [0.29, 0.717) is 16.8 Å². The van der Waals surface area contributed by atoms with Crippen molar-refractivity contribution < 1.29 is 14.0 Å². The Morgan fingerprint density at radius 2 is 1.72 bits per heavy atom. The van der Waals surface area contributed by atoms with Gasteiger partial charge in [0.05, 0.1) is 12.1 Å². The molecule has 9 heteroatoms. The Bertz CT molecular complexity index is 863. The zero-order valence-corrected chi connectivity index (χ0v) is 12.9. The first-order valence-electron chi connectivity index (χ1n) is 7.29. The number of benzene rings is 2. The lowest BCUT2D eigenvalue weighted by atomic mass is 10.1. The minimum absolute atomic E-state index is 0.0266. The van der Waals surface area contributed by atoms with Crippen LogP contribution in [-0.4, -0.2) is 32.0 Å². The Morgan fingerprint density at radius 1 is 1.00 bits per heavy atom. The third kappa shape index (κ3) is 4.22. The molecule has 3 rings (SSSR count). The number of nitrogens with one attached hydrogen (secondary N) is 2. The standard InChI is InChI=1S/C16H13FN6O2/c17-13-5-1-11(2-6-13)9-15(24)19-20-16(25)12-3-7-14(8-4-12)23-10-18-21-22-23/h1-8,10H,9H2,(H,19,24)(H,20,25). The highest BCUT2D eigenvalue weighted by Gasteiger charge is 2.09. The van der Waals surface area contributed by atoms with Gasteiger partial charge >= 0.3 is 0 Å². The van der Waals surface area contributed by atoms with E-state index in [4.69, 9.17) is 0 Å². The van der Waals surface area contributed by atoms with E-state index < -0.39 is 11.8 Å². The fraction of sp³-hybridized carbons (Fsp3) is 0.0625. The van der Waals surface area contributed by atoms with Gasteiger partial charge < -0.3 is 0 Å². The van der Waals surface area contributed by atoms with Crippen LogP contribution in [0.3, 0.4) is 0 Å².